The summed E-state index contributed by atoms with van der Waals surface area (Å²) in [5, 5.41) is 4.98. The highest BCUT2D eigenvalue weighted by Crippen LogP contribution is 2.24. The van der Waals surface area contributed by atoms with E-state index in [0.29, 0.717) is 11.3 Å². The molecule has 0 saturated carbocycles. The fraction of sp³-hybridized carbons (Fsp3) is 0.214. The number of carbonyl (C=O) groups excluding carboxylic acids is 1. The van der Waals surface area contributed by atoms with E-state index in [-0.39, 0.29) is 11.9 Å². The summed E-state index contributed by atoms with van der Waals surface area (Å²) in [5.74, 6) is 0.545. The maximum absolute atomic E-state index is 12.2. The lowest BCUT2D eigenvalue weighted by molar-refractivity contribution is 0.0939. The first kappa shape index (κ1) is 14.1. The van der Waals surface area contributed by atoms with E-state index in [1.165, 1.54) is 0 Å². The predicted octanol–water partition coefficient (Wildman–Crippen LogP) is 4.01. The first-order chi connectivity index (χ1) is 9.11. The molecule has 1 amide bonds. The Hall–Kier alpha value is -1.33. The molecule has 1 N–H and O–H groups in total. The van der Waals surface area contributed by atoms with E-state index < -0.39 is 0 Å². The van der Waals surface area contributed by atoms with Crippen LogP contribution in [-0.2, 0) is 0 Å². The van der Waals surface area contributed by atoms with Gasteiger partial charge in [-0.05, 0) is 52.5 Å². The molecule has 19 heavy (non-hydrogen) atoms. The molecule has 1 aromatic heterocycles. The molecule has 1 atom stereocenters. The summed E-state index contributed by atoms with van der Waals surface area (Å²) in [6, 6.07) is 9.32. The molecule has 0 aliphatic carbocycles. The normalized spacial score (nSPS) is 11.9. The lowest BCUT2D eigenvalue weighted by atomic mass is 10.2. The summed E-state index contributed by atoms with van der Waals surface area (Å²) in [5.41, 5.74) is 0.572. The van der Waals surface area contributed by atoms with Crippen LogP contribution in [0.5, 0.6) is 5.75 Å². The number of ether oxygens (including phenoxy) is 1. The van der Waals surface area contributed by atoms with Crippen molar-refractivity contribution in [2.45, 2.75) is 13.0 Å². The molecule has 0 spiro atoms. The van der Waals surface area contributed by atoms with E-state index in [4.69, 9.17) is 4.74 Å². The summed E-state index contributed by atoms with van der Waals surface area (Å²) in [6.45, 7) is 1.97. The van der Waals surface area contributed by atoms with E-state index in [2.05, 4.69) is 21.2 Å². The number of rotatable bonds is 4. The molecule has 2 aromatic rings. The van der Waals surface area contributed by atoms with Crippen LogP contribution < -0.4 is 10.1 Å². The fourth-order valence-corrected chi connectivity index (χ4v) is 2.85. The van der Waals surface area contributed by atoms with Crippen molar-refractivity contribution >= 4 is 33.2 Å². The minimum absolute atomic E-state index is 0.00870. The molecule has 0 radical (unpaired) electrons. The summed E-state index contributed by atoms with van der Waals surface area (Å²) < 4.78 is 5.89. The van der Waals surface area contributed by atoms with Gasteiger partial charge in [0.15, 0.2) is 0 Å². The zero-order valence-corrected chi connectivity index (χ0v) is 13.0. The van der Waals surface area contributed by atoms with E-state index in [1.54, 1.807) is 24.5 Å². The quantitative estimate of drug-likeness (QED) is 0.913. The van der Waals surface area contributed by atoms with Gasteiger partial charge in [0.1, 0.15) is 5.75 Å². The topological polar surface area (TPSA) is 38.3 Å². The number of hydrogen-bond donors (Lipinski definition) is 1. The van der Waals surface area contributed by atoms with E-state index in [0.717, 1.165) is 9.35 Å². The monoisotopic (exact) mass is 339 g/mol. The molecule has 1 aromatic carbocycles. The predicted molar refractivity (Wildman–Crippen MR) is 80.9 cm³/mol. The van der Waals surface area contributed by atoms with Gasteiger partial charge in [-0.2, -0.15) is 0 Å². The first-order valence-corrected chi connectivity index (χ1v) is 7.47. The Labute approximate surface area is 124 Å². The Morgan fingerprint density at radius 3 is 2.84 bits per heavy atom. The standard InChI is InChI=1S/C14H14BrNO2S/c1-9(13-4-3-7-19-13)16-14(17)11-8-10(18-2)5-6-12(11)15/h3-9H,1-2H3,(H,16,17)/t9-/m0/s1. The van der Waals surface area contributed by atoms with E-state index >= 15 is 0 Å². The minimum Gasteiger partial charge on any atom is -0.497 e. The molecule has 1 heterocycles. The Balaban J connectivity index is 2.16. The van der Waals surface area contributed by atoms with Crippen molar-refractivity contribution in [1.29, 1.82) is 0 Å². The van der Waals surface area contributed by atoms with Crippen molar-refractivity contribution in [2.75, 3.05) is 7.11 Å². The first-order valence-electron chi connectivity index (χ1n) is 5.79. The average molecular weight is 340 g/mol. The SMILES string of the molecule is COc1ccc(Br)c(C(=O)N[C@@H](C)c2cccs2)c1. The summed E-state index contributed by atoms with van der Waals surface area (Å²) >= 11 is 5.01. The molecule has 100 valence electrons. The fourth-order valence-electron chi connectivity index (χ4n) is 1.69. The van der Waals surface area contributed by atoms with Crippen LogP contribution in [0, 0.1) is 0 Å². The Bertz CT molecular complexity index is 569. The van der Waals surface area contributed by atoms with Gasteiger partial charge in [0.2, 0.25) is 0 Å². The third-order valence-electron chi connectivity index (χ3n) is 2.74. The van der Waals surface area contributed by atoms with Crippen LogP contribution in [0.3, 0.4) is 0 Å². The van der Waals surface area contributed by atoms with Crippen molar-refractivity contribution in [3.8, 4) is 5.75 Å². The molecule has 0 fully saturated rings. The molecule has 5 heteroatoms. The number of benzene rings is 1. The van der Waals surface area contributed by atoms with Crippen LogP contribution in [0.4, 0.5) is 0 Å². The lowest BCUT2D eigenvalue weighted by Gasteiger charge is -2.13. The third-order valence-corrected chi connectivity index (χ3v) is 4.48. The summed E-state index contributed by atoms with van der Waals surface area (Å²) in [4.78, 5) is 13.4. The van der Waals surface area contributed by atoms with Gasteiger partial charge in [-0.15, -0.1) is 11.3 Å². The van der Waals surface area contributed by atoms with Crippen molar-refractivity contribution in [3.05, 3.63) is 50.6 Å². The van der Waals surface area contributed by atoms with Gasteiger partial charge in [-0.1, -0.05) is 6.07 Å². The lowest BCUT2D eigenvalue weighted by Crippen LogP contribution is -2.26. The number of nitrogens with one attached hydrogen (secondary N) is 1. The molecule has 0 aliphatic heterocycles. The number of hydrogen-bond acceptors (Lipinski definition) is 3. The van der Waals surface area contributed by atoms with Crippen LogP contribution in [0.1, 0.15) is 28.2 Å². The highest BCUT2D eigenvalue weighted by molar-refractivity contribution is 9.10. The van der Waals surface area contributed by atoms with Crippen LogP contribution in [0.25, 0.3) is 0 Å². The molecule has 0 aliphatic rings. The second-order valence-corrected chi connectivity index (χ2v) is 5.89. The van der Waals surface area contributed by atoms with Gasteiger partial charge in [-0.3, -0.25) is 4.79 Å². The number of halogens is 1. The van der Waals surface area contributed by atoms with Gasteiger partial charge in [0, 0.05) is 9.35 Å². The largest absolute Gasteiger partial charge is 0.497 e. The number of methoxy groups -OCH3 is 1. The highest BCUT2D eigenvalue weighted by Gasteiger charge is 2.15. The van der Waals surface area contributed by atoms with Crippen molar-refractivity contribution < 1.29 is 9.53 Å². The van der Waals surface area contributed by atoms with Crippen LogP contribution in [0.2, 0.25) is 0 Å². The molecule has 2 rings (SSSR count). The van der Waals surface area contributed by atoms with E-state index in [9.17, 15) is 4.79 Å². The molecule has 0 bridgehead atoms. The van der Waals surface area contributed by atoms with E-state index in [1.807, 2.05) is 36.6 Å². The zero-order chi connectivity index (χ0) is 13.8. The smallest absolute Gasteiger partial charge is 0.253 e. The van der Waals surface area contributed by atoms with Gasteiger partial charge in [0.05, 0.1) is 18.7 Å². The molecule has 0 unspecified atom stereocenters. The molecular formula is C14H14BrNO2S. The third kappa shape index (κ3) is 3.36. The van der Waals surface area contributed by atoms with Crippen molar-refractivity contribution in [3.63, 3.8) is 0 Å². The Morgan fingerprint density at radius 2 is 2.21 bits per heavy atom. The number of thiophene rings is 1. The maximum Gasteiger partial charge on any atom is 0.253 e. The van der Waals surface area contributed by atoms with Gasteiger partial charge in [0.25, 0.3) is 5.91 Å². The van der Waals surface area contributed by atoms with Crippen LogP contribution >= 0.6 is 27.3 Å². The minimum atomic E-state index is -0.119. The van der Waals surface area contributed by atoms with Gasteiger partial charge in [-0.25, -0.2) is 0 Å². The van der Waals surface area contributed by atoms with Crippen molar-refractivity contribution in [1.82, 2.24) is 5.32 Å². The highest BCUT2D eigenvalue weighted by atomic mass is 79.9. The van der Waals surface area contributed by atoms with Crippen molar-refractivity contribution in [2.24, 2.45) is 0 Å². The molecule has 0 saturated heterocycles. The maximum atomic E-state index is 12.2. The Kier molecular flexibility index (Phi) is 4.61. The van der Waals surface area contributed by atoms with Gasteiger partial charge < -0.3 is 10.1 Å². The zero-order valence-electron chi connectivity index (χ0n) is 10.6. The Morgan fingerprint density at radius 1 is 1.42 bits per heavy atom. The van der Waals surface area contributed by atoms with Crippen LogP contribution in [0.15, 0.2) is 40.2 Å². The van der Waals surface area contributed by atoms with Crippen LogP contribution in [-0.4, -0.2) is 13.0 Å². The number of carbonyl (C=O) groups is 1. The number of amides is 1. The average Bonchev–Trinajstić information content (AvgIpc) is 2.93. The second kappa shape index (κ2) is 6.21. The molecular weight excluding hydrogens is 326 g/mol. The summed E-state index contributed by atoms with van der Waals surface area (Å²) in [7, 11) is 1.58. The molecule has 3 nitrogen and oxygen atoms in total. The van der Waals surface area contributed by atoms with Gasteiger partial charge >= 0.3 is 0 Å². The second-order valence-electron chi connectivity index (χ2n) is 4.06. The summed E-state index contributed by atoms with van der Waals surface area (Å²) in [6.07, 6.45) is 0.